The summed E-state index contributed by atoms with van der Waals surface area (Å²) in [4.78, 5) is 29.4. The van der Waals surface area contributed by atoms with Gasteiger partial charge in [0, 0.05) is 48.8 Å². The molecule has 1 aliphatic heterocycles. The summed E-state index contributed by atoms with van der Waals surface area (Å²) in [6.07, 6.45) is 4.74. The molecule has 4 rings (SSSR count). The van der Waals surface area contributed by atoms with E-state index < -0.39 is 5.60 Å². The first-order valence-electron chi connectivity index (χ1n) is 10.3. The van der Waals surface area contributed by atoms with E-state index in [2.05, 4.69) is 4.98 Å². The van der Waals surface area contributed by atoms with Crippen LogP contribution >= 0.6 is 11.6 Å². The number of ether oxygens (including phenoxy) is 2. The molecule has 0 aliphatic carbocycles. The topological polar surface area (TPSA) is 76.0 Å². The van der Waals surface area contributed by atoms with Gasteiger partial charge >= 0.3 is 6.09 Å². The zero-order valence-electron chi connectivity index (χ0n) is 17.9. The van der Waals surface area contributed by atoms with Gasteiger partial charge in [0.2, 0.25) is 0 Å². The summed E-state index contributed by atoms with van der Waals surface area (Å²) in [6.45, 7) is 6.73. The molecule has 31 heavy (non-hydrogen) atoms. The van der Waals surface area contributed by atoms with Crippen molar-refractivity contribution in [3.63, 3.8) is 0 Å². The molecule has 1 aliphatic rings. The maximum atomic E-state index is 12.6. The molecule has 1 fully saturated rings. The van der Waals surface area contributed by atoms with Crippen LogP contribution in [-0.2, 0) is 4.74 Å². The third-order valence-corrected chi connectivity index (χ3v) is 5.34. The fraction of sp³-hybridized carbons (Fsp3) is 0.391. The number of nitrogens with one attached hydrogen (secondary N) is 1. The van der Waals surface area contributed by atoms with Crippen LogP contribution in [0.2, 0.25) is 5.02 Å². The number of aromatic amines is 1. The number of likely N-dealkylation sites (tertiary alicyclic amines) is 1. The van der Waals surface area contributed by atoms with E-state index in [1.54, 1.807) is 33.7 Å². The zero-order valence-corrected chi connectivity index (χ0v) is 18.6. The number of hydrogen-bond acceptors (Lipinski definition) is 4. The first-order valence-corrected chi connectivity index (χ1v) is 10.7. The van der Waals surface area contributed by atoms with Crippen molar-refractivity contribution >= 4 is 23.2 Å². The molecule has 1 saturated heterocycles. The standard InChI is InChI=1S/C23H26ClN3O4/c1-23(2,3)31-22(29)26-9-7-17(8-10-26)30-18-12-20-21(28)25-19(14-27(20)13-18)15-5-4-6-16(24)11-15/h4-6,11-14,17H,7-10H2,1-3H3,(H,25,28). The van der Waals surface area contributed by atoms with Gasteiger partial charge in [-0.3, -0.25) is 4.79 Å². The van der Waals surface area contributed by atoms with E-state index in [0.717, 1.165) is 5.56 Å². The molecule has 0 atom stereocenters. The Morgan fingerprint density at radius 1 is 1.16 bits per heavy atom. The summed E-state index contributed by atoms with van der Waals surface area (Å²) in [5, 5.41) is 0.604. The predicted octanol–water partition coefficient (Wildman–Crippen LogP) is 4.73. The lowest BCUT2D eigenvalue weighted by molar-refractivity contribution is 0.0127. The van der Waals surface area contributed by atoms with Gasteiger partial charge in [0.05, 0.1) is 11.9 Å². The highest BCUT2D eigenvalue weighted by atomic mass is 35.5. The van der Waals surface area contributed by atoms with Gasteiger partial charge in [0.25, 0.3) is 5.56 Å². The van der Waals surface area contributed by atoms with Gasteiger partial charge in [-0.25, -0.2) is 4.79 Å². The van der Waals surface area contributed by atoms with Crippen LogP contribution in [0.15, 0.2) is 47.5 Å². The number of hydrogen-bond donors (Lipinski definition) is 1. The minimum atomic E-state index is -0.506. The van der Waals surface area contributed by atoms with E-state index in [-0.39, 0.29) is 17.8 Å². The van der Waals surface area contributed by atoms with Crippen LogP contribution in [-0.4, -0.2) is 45.2 Å². The maximum absolute atomic E-state index is 12.6. The van der Waals surface area contributed by atoms with Gasteiger partial charge < -0.3 is 23.8 Å². The smallest absolute Gasteiger partial charge is 0.410 e. The minimum Gasteiger partial charge on any atom is -0.489 e. The molecular formula is C23H26ClN3O4. The Kier molecular flexibility index (Phi) is 5.71. The molecule has 1 amide bonds. The lowest BCUT2D eigenvalue weighted by Gasteiger charge is -2.33. The maximum Gasteiger partial charge on any atom is 0.410 e. The summed E-state index contributed by atoms with van der Waals surface area (Å²) in [5.41, 5.74) is 1.30. The zero-order chi connectivity index (χ0) is 22.2. The average Bonchev–Trinajstić information content (AvgIpc) is 3.10. The lowest BCUT2D eigenvalue weighted by Crippen LogP contribution is -2.44. The fourth-order valence-electron chi connectivity index (χ4n) is 3.64. The van der Waals surface area contributed by atoms with Crippen LogP contribution in [0.1, 0.15) is 33.6 Å². The second kappa shape index (κ2) is 8.30. The lowest BCUT2D eigenvalue weighted by atomic mass is 10.1. The number of fused-ring (bicyclic) bond motifs is 1. The first-order chi connectivity index (χ1) is 14.7. The van der Waals surface area contributed by atoms with Crippen molar-refractivity contribution in [1.82, 2.24) is 14.3 Å². The van der Waals surface area contributed by atoms with Gasteiger partial charge in [-0.15, -0.1) is 0 Å². The Bertz CT molecular complexity index is 1150. The molecule has 0 radical (unpaired) electrons. The number of benzene rings is 1. The number of halogens is 1. The van der Waals surface area contributed by atoms with Crippen molar-refractivity contribution in [3.8, 4) is 17.0 Å². The molecule has 0 saturated carbocycles. The fourth-order valence-corrected chi connectivity index (χ4v) is 3.83. The van der Waals surface area contributed by atoms with Crippen LogP contribution in [0.5, 0.6) is 5.75 Å². The predicted molar refractivity (Wildman–Crippen MR) is 120 cm³/mol. The summed E-state index contributed by atoms with van der Waals surface area (Å²) in [5.74, 6) is 0.629. The Labute approximate surface area is 185 Å². The number of piperidine rings is 1. The van der Waals surface area contributed by atoms with Gasteiger partial charge in [-0.1, -0.05) is 23.7 Å². The van der Waals surface area contributed by atoms with E-state index in [1.165, 1.54) is 0 Å². The van der Waals surface area contributed by atoms with Crippen LogP contribution in [0.25, 0.3) is 16.8 Å². The van der Waals surface area contributed by atoms with Crippen molar-refractivity contribution in [2.45, 2.75) is 45.3 Å². The number of carbonyl (C=O) groups excluding carboxylic acids is 1. The second-order valence-electron chi connectivity index (χ2n) is 8.76. The number of nitrogens with zero attached hydrogens (tertiary/aromatic N) is 2. The van der Waals surface area contributed by atoms with E-state index in [4.69, 9.17) is 21.1 Å². The average molecular weight is 444 g/mol. The van der Waals surface area contributed by atoms with Crippen molar-refractivity contribution in [1.29, 1.82) is 0 Å². The number of aromatic nitrogens is 2. The van der Waals surface area contributed by atoms with Gasteiger partial charge in [0.15, 0.2) is 0 Å². The van der Waals surface area contributed by atoms with Crippen molar-refractivity contribution in [2.75, 3.05) is 13.1 Å². The molecule has 0 bridgehead atoms. The van der Waals surface area contributed by atoms with Crippen LogP contribution in [0, 0.1) is 0 Å². The van der Waals surface area contributed by atoms with E-state index in [0.29, 0.717) is 47.9 Å². The summed E-state index contributed by atoms with van der Waals surface area (Å²) in [6, 6.07) is 9.06. The molecule has 0 unspecified atom stereocenters. The summed E-state index contributed by atoms with van der Waals surface area (Å²) >= 11 is 6.08. The highest BCUT2D eigenvalue weighted by Gasteiger charge is 2.27. The largest absolute Gasteiger partial charge is 0.489 e. The van der Waals surface area contributed by atoms with Crippen molar-refractivity contribution < 1.29 is 14.3 Å². The third-order valence-electron chi connectivity index (χ3n) is 5.10. The molecule has 2 aromatic heterocycles. The molecular weight excluding hydrogens is 418 g/mol. The molecule has 1 N–H and O–H groups in total. The molecule has 1 aromatic carbocycles. The van der Waals surface area contributed by atoms with Crippen molar-refractivity contribution in [3.05, 3.63) is 58.1 Å². The Morgan fingerprint density at radius 3 is 2.58 bits per heavy atom. The number of H-pyrrole nitrogens is 1. The summed E-state index contributed by atoms with van der Waals surface area (Å²) < 4.78 is 13.3. The van der Waals surface area contributed by atoms with E-state index in [1.807, 2.05) is 39.1 Å². The van der Waals surface area contributed by atoms with Gasteiger partial charge in [0.1, 0.15) is 23.0 Å². The number of amides is 1. The minimum absolute atomic E-state index is 0.0254. The highest BCUT2D eigenvalue weighted by molar-refractivity contribution is 6.30. The second-order valence-corrected chi connectivity index (χ2v) is 9.20. The molecule has 7 nitrogen and oxygen atoms in total. The van der Waals surface area contributed by atoms with E-state index >= 15 is 0 Å². The highest BCUT2D eigenvalue weighted by Crippen LogP contribution is 2.24. The molecule has 164 valence electrons. The van der Waals surface area contributed by atoms with Crippen LogP contribution in [0.3, 0.4) is 0 Å². The Morgan fingerprint density at radius 2 is 1.90 bits per heavy atom. The number of carbonyl (C=O) groups is 1. The molecule has 3 heterocycles. The van der Waals surface area contributed by atoms with Gasteiger partial charge in [-0.2, -0.15) is 0 Å². The normalized spacial score (nSPS) is 15.3. The Balaban J connectivity index is 1.45. The molecule has 8 heteroatoms. The Hall–Kier alpha value is -2.93. The van der Waals surface area contributed by atoms with Crippen LogP contribution < -0.4 is 10.3 Å². The summed E-state index contributed by atoms with van der Waals surface area (Å²) in [7, 11) is 0. The SMILES string of the molecule is CC(C)(C)OC(=O)N1CCC(Oc2cc3c(=O)[nH]c(-c4cccc(Cl)c4)cn3c2)CC1. The van der Waals surface area contributed by atoms with E-state index in [9.17, 15) is 9.59 Å². The number of rotatable bonds is 3. The third kappa shape index (κ3) is 5.05. The first kappa shape index (κ1) is 21.3. The monoisotopic (exact) mass is 443 g/mol. The van der Waals surface area contributed by atoms with Crippen molar-refractivity contribution in [2.24, 2.45) is 0 Å². The quantitative estimate of drug-likeness (QED) is 0.635. The van der Waals surface area contributed by atoms with Gasteiger partial charge in [-0.05, 0) is 32.9 Å². The molecule has 3 aromatic rings. The molecule has 0 spiro atoms. The van der Waals surface area contributed by atoms with Crippen LogP contribution in [0.4, 0.5) is 4.79 Å².